The molecule has 2 heterocycles. The fraction of sp³-hybridized carbons (Fsp3) is 0.667. The minimum Gasteiger partial charge on any atom is -0.336 e. The van der Waals surface area contributed by atoms with Crippen LogP contribution in [0.25, 0.3) is 0 Å². The Kier molecular flexibility index (Phi) is 7.77. The topological polar surface area (TPSA) is 32.3 Å². The Morgan fingerprint density at radius 3 is 2.44 bits per heavy atom. The lowest BCUT2D eigenvalue weighted by molar-refractivity contribution is -0.134. The number of fused-ring (bicyclic) bond motifs is 2. The molecule has 4 heteroatoms. The van der Waals surface area contributed by atoms with E-state index in [9.17, 15) is 4.79 Å². The maximum Gasteiger partial charge on any atom is 0.223 e. The van der Waals surface area contributed by atoms with Crippen molar-refractivity contribution in [3.05, 3.63) is 35.9 Å². The number of benzene rings is 1. The Labute approximate surface area is 159 Å². The number of hydrogen-bond donors (Lipinski definition) is 1. The van der Waals surface area contributed by atoms with Gasteiger partial charge in [-0.25, -0.2) is 0 Å². The van der Waals surface area contributed by atoms with E-state index in [4.69, 9.17) is 0 Å². The van der Waals surface area contributed by atoms with Crippen LogP contribution in [0.2, 0.25) is 0 Å². The van der Waals surface area contributed by atoms with Gasteiger partial charge in [0.25, 0.3) is 0 Å². The summed E-state index contributed by atoms with van der Waals surface area (Å²) >= 11 is 0. The Hall–Kier alpha value is -1.06. The van der Waals surface area contributed by atoms with Crippen molar-refractivity contribution < 1.29 is 4.79 Å². The summed E-state index contributed by atoms with van der Waals surface area (Å²) in [4.78, 5) is 15.2. The molecule has 1 N–H and O–H groups in total. The number of amides is 1. The number of carbonyl (C=O) groups excluding carboxylic acids is 1. The number of piperidine rings is 1. The van der Waals surface area contributed by atoms with Crippen molar-refractivity contribution in [1.82, 2.24) is 10.2 Å². The second kappa shape index (κ2) is 9.59. The number of nitrogens with zero attached hydrogens (tertiary/aromatic N) is 1. The molecule has 0 aromatic heterocycles. The summed E-state index contributed by atoms with van der Waals surface area (Å²) in [5.41, 5.74) is 1.24. The number of nitrogens with one attached hydrogen (secondary N) is 1. The highest BCUT2D eigenvalue weighted by Gasteiger charge is 2.35. The third-order valence-corrected chi connectivity index (χ3v) is 5.86. The summed E-state index contributed by atoms with van der Waals surface area (Å²) in [5.74, 6) is 0.925. The zero-order valence-electron chi connectivity index (χ0n) is 15.6. The quantitative estimate of drug-likeness (QED) is 0.759. The number of hydrogen-bond acceptors (Lipinski definition) is 2. The molecule has 0 spiro atoms. The molecule has 0 radical (unpaired) electrons. The highest BCUT2D eigenvalue weighted by Crippen LogP contribution is 2.33. The summed E-state index contributed by atoms with van der Waals surface area (Å²) < 4.78 is 0. The molecular weight excluding hydrogens is 332 g/mol. The van der Waals surface area contributed by atoms with E-state index >= 15 is 0 Å². The molecule has 1 amide bonds. The van der Waals surface area contributed by atoms with E-state index in [1.807, 2.05) is 6.07 Å². The van der Waals surface area contributed by atoms with Crippen LogP contribution in [0.4, 0.5) is 0 Å². The van der Waals surface area contributed by atoms with Crippen LogP contribution in [0.1, 0.15) is 70.4 Å². The first kappa shape index (κ1) is 20.3. The number of halogens is 1. The standard InChI is InChI=1S/C21H32N2O.ClH/c1-3-4-12-23(16(2)18-8-6-5-7-9-18)21(24)15-17-13-19-10-11-20(14-17)22-19;/h5-9,16-17,19-20,22H,3-4,10-15H2,1-2H3;1H. The van der Waals surface area contributed by atoms with Gasteiger partial charge in [0.15, 0.2) is 0 Å². The van der Waals surface area contributed by atoms with E-state index in [0.29, 0.717) is 23.9 Å². The van der Waals surface area contributed by atoms with Crippen LogP contribution in [0, 0.1) is 5.92 Å². The number of rotatable bonds is 7. The van der Waals surface area contributed by atoms with Crippen LogP contribution in [-0.4, -0.2) is 29.4 Å². The molecule has 2 aliphatic heterocycles. The highest BCUT2D eigenvalue weighted by molar-refractivity contribution is 5.85. The third-order valence-electron chi connectivity index (χ3n) is 5.86. The molecule has 3 rings (SSSR count). The molecule has 3 nitrogen and oxygen atoms in total. The maximum atomic E-state index is 13.1. The van der Waals surface area contributed by atoms with Gasteiger partial charge in [0.2, 0.25) is 5.91 Å². The third kappa shape index (κ3) is 5.21. The second-order valence-corrected chi connectivity index (χ2v) is 7.71. The summed E-state index contributed by atoms with van der Waals surface area (Å²) in [6, 6.07) is 12.0. The van der Waals surface area contributed by atoms with Gasteiger partial charge < -0.3 is 10.2 Å². The van der Waals surface area contributed by atoms with Crippen molar-refractivity contribution in [2.24, 2.45) is 5.92 Å². The molecule has 1 aromatic carbocycles. The first-order valence-corrected chi connectivity index (χ1v) is 9.77. The SMILES string of the molecule is CCCCN(C(=O)CC1CC2CCC(C1)N2)C(C)c1ccccc1.Cl. The average molecular weight is 365 g/mol. The van der Waals surface area contributed by atoms with E-state index < -0.39 is 0 Å². The van der Waals surface area contributed by atoms with Crippen molar-refractivity contribution in [3.8, 4) is 0 Å². The molecule has 0 aliphatic carbocycles. The number of carbonyl (C=O) groups is 1. The molecule has 2 saturated heterocycles. The van der Waals surface area contributed by atoms with E-state index in [-0.39, 0.29) is 18.4 Å². The largest absolute Gasteiger partial charge is 0.336 e. The zero-order valence-corrected chi connectivity index (χ0v) is 16.4. The number of unbranched alkanes of at least 4 members (excludes halogenated alkanes) is 1. The Bertz CT molecular complexity index is 524. The van der Waals surface area contributed by atoms with Crippen molar-refractivity contribution in [2.75, 3.05) is 6.54 Å². The maximum absolute atomic E-state index is 13.1. The molecule has 140 valence electrons. The van der Waals surface area contributed by atoms with Crippen LogP contribution in [0.15, 0.2) is 30.3 Å². The summed E-state index contributed by atoms with van der Waals surface area (Å²) in [7, 11) is 0. The van der Waals surface area contributed by atoms with Gasteiger partial charge in [-0.15, -0.1) is 12.4 Å². The molecule has 3 atom stereocenters. The van der Waals surface area contributed by atoms with E-state index in [1.165, 1.54) is 31.2 Å². The van der Waals surface area contributed by atoms with E-state index in [0.717, 1.165) is 25.8 Å². The first-order valence-electron chi connectivity index (χ1n) is 9.77. The van der Waals surface area contributed by atoms with E-state index in [1.54, 1.807) is 0 Å². The zero-order chi connectivity index (χ0) is 16.9. The highest BCUT2D eigenvalue weighted by atomic mass is 35.5. The molecular formula is C21H33ClN2O. The Morgan fingerprint density at radius 2 is 1.84 bits per heavy atom. The lowest BCUT2D eigenvalue weighted by Crippen LogP contribution is -2.41. The smallest absolute Gasteiger partial charge is 0.223 e. The van der Waals surface area contributed by atoms with Crippen LogP contribution in [0.3, 0.4) is 0 Å². The molecule has 3 unspecified atom stereocenters. The molecule has 1 aromatic rings. The fourth-order valence-electron chi connectivity index (χ4n) is 4.48. The minimum absolute atomic E-state index is 0. The van der Waals surface area contributed by atoms with Crippen molar-refractivity contribution in [2.45, 2.75) is 76.9 Å². The first-order chi connectivity index (χ1) is 11.7. The summed E-state index contributed by atoms with van der Waals surface area (Å²) in [6.45, 7) is 5.25. The second-order valence-electron chi connectivity index (χ2n) is 7.71. The van der Waals surface area contributed by atoms with Gasteiger partial charge in [-0.3, -0.25) is 4.79 Å². The molecule has 25 heavy (non-hydrogen) atoms. The van der Waals surface area contributed by atoms with Crippen LogP contribution in [-0.2, 0) is 4.79 Å². The van der Waals surface area contributed by atoms with E-state index in [2.05, 4.69) is 48.3 Å². The van der Waals surface area contributed by atoms with Gasteiger partial charge in [-0.1, -0.05) is 43.7 Å². The predicted octanol–water partition coefficient (Wildman–Crippen LogP) is 4.72. The molecule has 2 aliphatic rings. The normalized spacial score (nSPS) is 25.9. The van der Waals surface area contributed by atoms with Crippen LogP contribution >= 0.6 is 12.4 Å². The van der Waals surface area contributed by atoms with Gasteiger partial charge in [0.1, 0.15) is 0 Å². The predicted molar refractivity (Wildman–Crippen MR) is 106 cm³/mol. The minimum atomic E-state index is 0. The molecule has 0 saturated carbocycles. The summed E-state index contributed by atoms with van der Waals surface area (Å²) in [5, 5.41) is 3.68. The van der Waals surface area contributed by atoms with Gasteiger partial charge in [0, 0.05) is 25.0 Å². The lowest BCUT2D eigenvalue weighted by atomic mass is 9.89. The average Bonchev–Trinajstić information content (AvgIpc) is 2.94. The van der Waals surface area contributed by atoms with Crippen molar-refractivity contribution in [3.63, 3.8) is 0 Å². The molecule has 2 bridgehead atoms. The monoisotopic (exact) mass is 364 g/mol. The van der Waals surface area contributed by atoms with Gasteiger partial charge in [0.05, 0.1) is 6.04 Å². The van der Waals surface area contributed by atoms with Crippen molar-refractivity contribution >= 4 is 18.3 Å². The Balaban J connectivity index is 0.00000225. The van der Waals surface area contributed by atoms with Crippen molar-refractivity contribution in [1.29, 1.82) is 0 Å². The molecule has 2 fully saturated rings. The van der Waals surface area contributed by atoms with Gasteiger partial charge in [-0.2, -0.15) is 0 Å². The van der Waals surface area contributed by atoms with Crippen LogP contribution in [0.5, 0.6) is 0 Å². The van der Waals surface area contributed by atoms with Gasteiger partial charge >= 0.3 is 0 Å². The van der Waals surface area contributed by atoms with Gasteiger partial charge in [-0.05, 0) is 50.5 Å². The lowest BCUT2D eigenvalue weighted by Gasteiger charge is -2.33. The fourth-order valence-corrected chi connectivity index (χ4v) is 4.48. The van der Waals surface area contributed by atoms with Crippen LogP contribution < -0.4 is 5.32 Å². The Morgan fingerprint density at radius 1 is 1.20 bits per heavy atom. The summed E-state index contributed by atoms with van der Waals surface area (Å²) in [6.07, 6.45) is 7.91.